The number of thioether (sulfide) groups is 1. The number of amides is 1. The Labute approximate surface area is 188 Å². The normalized spacial score (nSPS) is 12.6. The number of nitrogens with zero attached hydrogens (tertiary/aromatic N) is 1. The number of pyridine rings is 1. The minimum Gasteiger partial charge on any atom is -0.404 e. The summed E-state index contributed by atoms with van der Waals surface area (Å²) in [4.78, 5) is 16.4. The van der Waals surface area contributed by atoms with Gasteiger partial charge in [-0.2, -0.15) is 11.8 Å². The molecule has 0 saturated heterocycles. The van der Waals surface area contributed by atoms with Crippen LogP contribution in [0.15, 0.2) is 55.0 Å². The van der Waals surface area contributed by atoms with Crippen LogP contribution < -0.4 is 16.4 Å². The summed E-state index contributed by atoms with van der Waals surface area (Å²) in [7, 11) is 0. The third-order valence-corrected chi connectivity index (χ3v) is 5.62. The molecular weight excluding hydrogens is 406 g/mol. The van der Waals surface area contributed by atoms with Gasteiger partial charge in [-0.05, 0) is 60.3 Å². The van der Waals surface area contributed by atoms with Crippen molar-refractivity contribution in [2.75, 3.05) is 16.8 Å². The number of hydrogen-bond acceptors (Lipinski definition) is 6. The first-order chi connectivity index (χ1) is 15.1. The van der Waals surface area contributed by atoms with Gasteiger partial charge in [-0.1, -0.05) is 19.1 Å². The SMILES string of the molecule is CCSCCC(C)NCc1ccc(NC(=O)/C=C/c2cnccc2/C(C=N)=C/N)cc1. The van der Waals surface area contributed by atoms with Crippen LogP contribution in [0.25, 0.3) is 11.6 Å². The molecule has 1 amide bonds. The van der Waals surface area contributed by atoms with E-state index in [1.807, 2.05) is 36.0 Å². The minimum atomic E-state index is -0.240. The molecule has 6 nitrogen and oxygen atoms in total. The molecule has 2 rings (SSSR count). The first kappa shape index (κ1) is 24.4. The van der Waals surface area contributed by atoms with E-state index >= 15 is 0 Å². The fraction of sp³-hybridized carbons (Fsp3) is 0.292. The van der Waals surface area contributed by atoms with Crippen molar-refractivity contribution in [2.24, 2.45) is 5.73 Å². The van der Waals surface area contributed by atoms with Crippen LogP contribution in [0.2, 0.25) is 0 Å². The van der Waals surface area contributed by atoms with Crippen LogP contribution in [0, 0.1) is 5.41 Å². The maximum absolute atomic E-state index is 12.3. The Balaban J connectivity index is 1.90. The molecule has 1 atom stereocenters. The van der Waals surface area contributed by atoms with Crippen LogP contribution in [0.3, 0.4) is 0 Å². The van der Waals surface area contributed by atoms with Crippen LogP contribution in [0.5, 0.6) is 0 Å². The zero-order chi connectivity index (χ0) is 22.5. The van der Waals surface area contributed by atoms with Gasteiger partial charge in [-0.25, -0.2) is 0 Å². The first-order valence-corrected chi connectivity index (χ1v) is 11.5. The third-order valence-electron chi connectivity index (χ3n) is 4.69. The molecular formula is C24H31N5OS. The molecule has 0 fully saturated rings. The van der Waals surface area contributed by atoms with Gasteiger partial charge in [0.2, 0.25) is 5.91 Å². The summed E-state index contributed by atoms with van der Waals surface area (Å²) in [5, 5.41) is 13.9. The van der Waals surface area contributed by atoms with E-state index in [1.54, 1.807) is 24.5 Å². The second kappa shape index (κ2) is 13.4. The molecule has 0 aliphatic heterocycles. The van der Waals surface area contributed by atoms with Gasteiger partial charge in [-0.15, -0.1) is 0 Å². The summed E-state index contributed by atoms with van der Waals surface area (Å²) in [6.45, 7) is 5.20. The van der Waals surface area contributed by atoms with E-state index in [2.05, 4.69) is 29.5 Å². The quantitative estimate of drug-likeness (QED) is 0.225. The smallest absolute Gasteiger partial charge is 0.248 e. The maximum atomic E-state index is 12.3. The fourth-order valence-corrected chi connectivity index (χ4v) is 3.68. The van der Waals surface area contributed by atoms with E-state index in [-0.39, 0.29) is 5.91 Å². The fourth-order valence-electron chi connectivity index (χ4n) is 2.87. The van der Waals surface area contributed by atoms with Gasteiger partial charge < -0.3 is 21.8 Å². The largest absolute Gasteiger partial charge is 0.404 e. The first-order valence-electron chi connectivity index (χ1n) is 10.3. The molecule has 2 aromatic rings. The molecule has 1 aromatic heterocycles. The van der Waals surface area contributed by atoms with Crippen LogP contribution in [-0.4, -0.2) is 34.7 Å². The number of aromatic nitrogens is 1. The van der Waals surface area contributed by atoms with Crippen LogP contribution in [-0.2, 0) is 11.3 Å². The Kier molecular flexibility index (Phi) is 10.5. The van der Waals surface area contributed by atoms with Crippen molar-refractivity contribution in [1.29, 1.82) is 5.41 Å². The number of allylic oxidation sites excluding steroid dienone is 1. The molecule has 7 heteroatoms. The highest BCUT2D eigenvalue weighted by atomic mass is 32.2. The average molecular weight is 438 g/mol. The van der Waals surface area contributed by atoms with Gasteiger partial charge in [-0.3, -0.25) is 9.78 Å². The van der Waals surface area contributed by atoms with E-state index in [9.17, 15) is 4.79 Å². The highest BCUT2D eigenvalue weighted by Gasteiger charge is 2.05. The van der Waals surface area contributed by atoms with Crippen LogP contribution >= 0.6 is 11.8 Å². The number of carbonyl (C=O) groups excluding carboxylic acids is 1. The van der Waals surface area contributed by atoms with Crippen LogP contribution in [0.4, 0.5) is 5.69 Å². The highest BCUT2D eigenvalue weighted by Crippen LogP contribution is 2.17. The van der Waals surface area contributed by atoms with E-state index in [1.165, 1.54) is 29.8 Å². The number of nitrogens with one attached hydrogen (secondary N) is 3. The van der Waals surface area contributed by atoms with E-state index in [0.29, 0.717) is 17.2 Å². The second-order valence-electron chi connectivity index (χ2n) is 7.02. The lowest BCUT2D eigenvalue weighted by Gasteiger charge is -2.13. The number of carbonyl (C=O) groups is 1. The second-order valence-corrected chi connectivity index (χ2v) is 8.41. The summed E-state index contributed by atoms with van der Waals surface area (Å²) in [6.07, 6.45) is 10.1. The lowest BCUT2D eigenvalue weighted by atomic mass is 10.0. The molecule has 0 spiro atoms. The summed E-state index contributed by atoms with van der Waals surface area (Å²) >= 11 is 1.97. The zero-order valence-corrected chi connectivity index (χ0v) is 18.9. The highest BCUT2D eigenvalue weighted by molar-refractivity contribution is 7.99. The number of anilines is 1. The summed E-state index contributed by atoms with van der Waals surface area (Å²) < 4.78 is 0. The van der Waals surface area contributed by atoms with Crippen molar-refractivity contribution in [3.8, 4) is 0 Å². The number of nitrogens with two attached hydrogens (primary N) is 1. The summed E-state index contributed by atoms with van der Waals surface area (Å²) in [6, 6.07) is 10.1. The van der Waals surface area contributed by atoms with Gasteiger partial charge in [0, 0.05) is 60.3 Å². The number of rotatable bonds is 12. The molecule has 5 N–H and O–H groups in total. The molecule has 1 heterocycles. The Hall–Kier alpha value is -2.90. The Morgan fingerprint density at radius 3 is 2.74 bits per heavy atom. The molecule has 0 radical (unpaired) electrons. The van der Waals surface area contributed by atoms with E-state index in [0.717, 1.165) is 30.0 Å². The molecule has 1 unspecified atom stereocenters. The lowest BCUT2D eigenvalue weighted by molar-refractivity contribution is -0.111. The number of benzene rings is 1. The zero-order valence-electron chi connectivity index (χ0n) is 18.1. The predicted molar refractivity (Wildman–Crippen MR) is 133 cm³/mol. The van der Waals surface area contributed by atoms with E-state index in [4.69, 9.17) is 11.1 Å². The average Bonchev–Trinajstić information content (AvgIpc) is 2.79. The van der Waals surface area contributed by atoms with Gasteiger partial charge in [0.25, 0.3) is 0 Å². The molecule has 0 aliphatic carbocycles. The van der Waals surface area contributed by atoms with Gasteiger partial charge >= 0.3 is 0 Å². The molecule has 164 valence electrons. The van der Waals surface area contributed by atoms with Crippen LogP contribution in [0.1, 0.15) is 37.0 Å². The van der Waals surface area contributed by atoms with Gasteiger partial charge in [0.15, 0.2) is 0 Å². The topological polar surface area (TPSA) is 104 Å². The van der Waals surface area contributed by atoms with E-state index < -0.39 is 0 Å². The maximum Gasteiger partial charge on any atom is 0.248 e. The van der Waals surface area contributed by atoms with Crippen molar-refractivity contribution in [3.05, 3.63) is 71.7 Å². The van der Waals surface area contributed by atoms with Crippen molar-refractivity contribution in [2.45, 2.75) is 32.9 Å². The number of hydrogen-bond donors (Lipinski definition) is 4. The Bertz CT molecular complexity index is 908. The predicted octanol–water partition coefficient (Wildman–Crippen LogP) is 4.30. The lowest BCUT2D eigenvalue weighted by Crippen LogP contribution is -2.26. The van der Waals surface area contributed by atoms with Crippen molar-refractivity contribution >= 4 is 41.2 Å². The molecule has 31 heavy (non-hydrogen) atoms. The summed E-state index contributed by atoms with van der Waals surface area (Å²) in [5.41, 5.74) is 9.51. The molecule has 0 aliphatic rings. The molecule has 0 bridgehead atoms. The van der Waals surface area contributed by atoms with Gasteiger partial charge in [0.05, 0.1) is 0 Å². The third kappa shape index (κ3) is 8.39. The minimum absolute atomic E-state index is 0.240. The Morgan fingerprint density at radius 1 is 1.29 bits per heavy atom. The Morgan fingerprint density at radius 2 is 2.06 bits per heavy atom. The molecule has 1 aromatic carbocycles. The standard InChI is InChI=1S/C24H31N5OS/c1-3-31-13-11-18(2)28-16-19-4-7-22(8-5-19)29-24(30)9-6-20-17-27-12-10-23(20)21(14-25)15-26/h4-10,12,14-15,17-18,25,28H,3,11,13,16,26H2,1-2H3,(H,29,30)/b9-6+,21-15+,25-14?. The molecule has 0 saturated carbocycles. The summed E-state index contributed by atoms with van der Waals surface area (Å²) in [5.74, 6) is 2.10. The van der Waals surface area contributed by atoms with Crippen molar-refractivity contribution < 1.29 is 4.79 Å². The van der Waals surface area contributed by atoms with Crippen molar-refractivity contribution in [3.63, 3.8) is 0 Å². The van der Waals surface area contributed by atoms with Crippen molar-refractivity contribution in [1.82, 2.24) is 10.3 Å². The monoisotopic (exact) mass is 437 g/mol. The van der Waals surface area contributed by atoms with Gasteiger partial charge in [0.1, 0.15) is 0 Å².